The minimum absolute atomic E-state index is 0.302. The number of fused-ring (bicyclic) bond motifs is 1. The first-order chi connectivity index (χ1) is 7.88. The topological polar surface area (TPSA) is 38.0 Å². The van der Waals surface area contributed by atoms with Crippen molar-refractivity contribution in [1.82, 2.24) is 5.32 Å². The van der Waals surface area contributed by atoms with Gasteiger partial charge in [0.05, 0.1) is 0 Å². The van der Waals surface area contributed by atoms with Crippen molar-refractivity contribution >= 4 is 0 Å². The minimum atomic E-state index is 0.302. The van der Waals surface area contributed by atoms with Gasteiger partial charge in [-0.15, -0.1) is 0 Å². The van der Waals surface area contributed by atoms with Gasteiger partial charge in [-0.1, -0.05) is 30.7 Å². The zero-order valence-corrected chi connectivity index (χ0v) is 9.91. The average Bonchev–Trinajstić information content (AvgIpc) is 2.75. The Hall–Kier alpha value is -0.860. The SMILES string of the molecule is C1CCNCC1.NC1CCc2ccccc21. The number of piperidine rings is 1. The maximum absolute atomic E-state index is 5.85. The molecule has 1 aliphatic heterocycles. The van der Waals surface area contributed by atoms with E-state index in [0.717, 1.165) is 12.8 Å². The van der Waals surface area contributed by atoms with E-state index in [1.165, 1.54) is 43.5 Å². The van der Waals surface area contributed by atoms with Crippen LogP contribution >= 0.6 is 0 Å². The molecule has 1 aromatic rings. The Morgan fingerprint density at radius 2 is 1.81 bits per heavy atom. The predicted octanol–water partition coefficient (Wildman–Crippen LogP) is 2.39. The highest BCUT2D eigenvalue weighted by Crippen LogP contribution is 2.28. The van der Waals surface area contributed by atoms with E-state index in [2.05, 4.69) is 29.6 Å². The van der Waals surface area contributed by atoms with Crippen LogP contribution in [0, 0.1) is 0 Å². The number of nitrogens with two attached hydrogens (primary N) is 1. The van der Waals surface area contributed by atoms with Crippen molar-refractivity contribution < 1.29 is 0 Å². The van der Waals surface area contributed by atoms with Gasteiger partial charge in [-0.25, -0.2) is 0 Å². The third-order valence-electron chi connectivity index (χ3n) is 3.39. The smallest absolute Gasteiger partial charge is 0.0300 e. The Balaban J connectivity index is 0.000000138. The van der Waals surface area contributed by atoms with E-state index in [0.29, 0.717) is 6.04 Å². The molecule has 3 N–H and O–H groups in total. The number of rotatable bonds is 0. The Bertz CT molecular complexity index is 307. The van der Waals surface area contributed by atoms with Crippen molar-refractivity contribution in [1.29, 1.82) is 0 Å². The molecule has 16 heavy (non-hydrogen) atoms. The summed E-state index contributed by atoms with van der Waals surface area (Å²) < 4.78 is 0. The molecule has 1 saturated heterocycles. The van der Waals surface area contributed by atoms with Crippen molar-refractivity contribution in [2.45, 2.75) is 38.1 Å². The fourth-order valence-corrected chi connectivity index (χ4v) is 2.39. The zero-order chi connectivity index (χ0) is 11.2. The molecule has 0 bridgehead atoms. The Morgan fingerprint density at radius 3 is 2.38 bits per heavy atom. The molecule has 1 aliphatic carbocycles. The van der Waals surface area contributed by atoms with Gasteiger partial charge in [0.15, 0.2) is 0 Å². The second-order valence-corrected chi connectivity index (χ2v) is 4.65. The first-order valence-corrected chi connectivity index (χ1v) is 6.42. The summed E-state index contributed by atoms with van der Waals surface area (Å²) in [5.41, 5.74) is 8.64. The lowest BCUT2D eigenvalue weighted by Crippen LogP contribution is -2.21. The van der Waals surface area contributed by atoms with Crippen LogP contribution in [0.5, 0.6) is 0 Å². The molecular formula is C14H22N2. The molecule has 0 saturated carbocycles. The molecule has 1 heterocycles. The van der Waals surface area contributed by atoms with Crippen molar-refractivity contribution in [2.75, 3.05) is 13.1 Å². The fourth-order valence-electron chi connectivity index (χ4n) is 2.39. The molecule has 0 aromatic heterocycles. The minimum Gasteiger partial charge on any atom is -0.324 e. The monoisotopic (exact) mass is 218 g/mol. The lowest BCUT2D eigenvalue weighted by molar-refractivity contribution is 0.520. The van der Waals surface area contributed by atoms with E-state index in [1.807, 2.05) is 0 Å². The second kappa shape index (κ2) is 6.02. The van der Waals surface area contributed by atoms with E-state index < -0.39 is 0 Å². The first-order valence-electron chi connectivity index (χ1n) is 6.42. The van der Waals surface area contributed by atoms with Crippen LogP contribution in [0.4, 0.5) is 0 Å². The molecule has 0 spiro atoms. The molecule has 1 aromatic carbocycles. The number of nitrogens with one attached hydrogen (secondary N) is 1. The van der Waals surface area contributed by atoms with Crippen LogP contribution in [0.1, 0.15) is 42.9 Å². The van der Waals surface area contributed by atoms with Crippen LogP contribution in [0.15, 0.2) is 24.3 Å². The van der Waals surface area contributed by atoms with E-state index in [1.54, 1.807) is 0 Å². The molecule has 2 nitrogen and oxygen atoms in total. The lowest BCUT2D eigenvalue weighted by atomic mass is 10.1. The van der Waals surface area contributed by atoms with Crippen molar-refractivity contribution in [3.63, 3.8) is 0 Å². The summed E-state index contributed by atoms with van der Waals surface area (Å²) in [6.45, 7) is 2.50. The average molecular weight is 218 g/mol. The largest absolute Gasteiger partial charge is 0.324 e. The Morgan fingerprint density at radius 1 is 1.06 bits per heavy atom. The highest BCUT2D eigenvalue weighted by atomic mass is 14.9. The van der Waals surface area contributed by atoms with Gasteiger partial charge in [-0.05, 0) is 49.9 Å². The highest BCUT2D eigenvalue weighted by Gasteiger charge is 2.16. The molecule has 0 amide bonds. The van der Waals surface area contributed by atoms with Gasteiger partial charge in [-0.3, -0.25) is 0 Å². The third-order valence-corrected chi connectivity index (χ3v) is 3.39. The normalized spacial score (nSPS) is 23.2. The summed E-state index contributed by atoms with van der Waals surface area (Å²) in [7, 11) is 0. The summed E-state index contributed by atoms with van der Waals surface area (Å²) in [4.78, 5) is 0. The number of hydrogen-bond donors (Lipinski definition) is 2. The Labute approximate surface area is 98.2 Å². The second-order valence-electron chi connectivity index (χ2n) is 4.65. The molecule has 1 unspecified atom stereocenters. The van der Waals surface area contributed by atoms with Crippen LogP contribution in [-0.2, 0) is 6.42 Å². The van der Waals surface area contributed by atoms with Gasteiger partial charge in [0, 0.05) is 6.04 Å². The van der Waals surface area contributed by atoms with E-state index >= 15 is 0 Å². The number of hydrogen-bond acceptors (Lipinski definition) is 2. The summed E-state index contributed by atoms with van der Waals surface area (Å²) in [6.07, 6.45) is 6.50. The molecule has 1 atom stereocenters. The molecule has 2 aliphatic rings. The first kappa shape index (κ1) is 11.6. The van der Waals surface area contributed by atoms with Gasteiger partial charge >= 0.3 is 0 Å². The number of benzene rings is 1. The summed E-state index contributed by atoms with van der Waals surface area (Å²) >= 11 is 0. The van der Waals surface area contributed by atoms with Gasteiger partial charge in [-0.2, -0.15) is 0 Å². The maximum atomic E-state index is 5.85. The van der Waals surface area contributed by atoms with Crippen LogP contribution in [0.2, 0.25) is 0 Å². The van der Waals surface area contributed by atoms with Gasteiger partial charge < -0.3 is 11.1 Å². The molecular weight excluding hydrogens is 196 g/mol. The van der Waals surface area contributed by atoms with Gasteiger partial charge in [0.1, 0.15) is 0 Å². The van der Waals surface area contributed by atoms with Gasteiger partial charge in [0.2, 0.25) is 0 Å². The molecule has 0 radical (unpaired) electrons. The van der Waals surface area contributed by atoms with Crippen molar-refractivity contribution in [2.24, 2.45) is 5.73 Å². The van der Waals surface area contributed by atoms with Crippen LogP contribution in [0.3, 0.4) is 0 Å². The van der Waals surface area contributed by atoms with Crippen molar-refractivity contribution in [3.05, 3.63) is 35.4 Å². The summed E-state index contributed by atoms with van der Waals surface area (Å²) in [5.74, 6) is 0. The van der Waals surface area contributed by atoms with Crippen molar-refractivity contribution in [3.8, 4) is 0 Å². The van der Waals surface area contributed by atoms with Crippen LogP contribution in [-0.4, -0.2) is 13.1 Å². The van der Waals surface area contributed by atoms with E-state index in [4.69, 9.17) is 5.73 Å². The fraction of sp³-hybridized carbons (Fsp3) is 0.571. The van der Waals surface area contributed by atoms with E-state index in [-0.39, 0.29) is 0 Å². The Kier molecular flexibility index (Phi) is 4.37. The lowest BCUT2D eigenvalue weighted by Gasteiger charge is -2.08. The van der Waals surface area contributed by atoms with Crippen LogP contribution < -0.4 is 11.1 Å². The van der Waals surface area contributed by atoms with E-state index in [9.17, 15) is 0 Å². The maximum Gasteiger partial charge on any atom is 0.0300 e. The highest BCUT2D eigenvalue weighted by molar-refractivity contribution is 5.33. The quantitative estimate of drug-likeness (QED) is 0.701. The number of aryl methyl sites for hydroxylation is 1. The molecule has 3 rings (SSSR count). The third kappa shape index (κ3) is 3.06. The molecule has 88 valence electrons. The standard InChI is InChI=1S/C9H11N.C5H11N/c10-9-6-5-7-3-1-2-4-8(7)9;1-2-4-6-5-3-1/h1-4,9H,5-6,10H2;6H,1-5H2. The molecule has 1 fully saturated rings. The summed E-state index contributed by atoms with van der Waals surface area (Å²) in [5, 5.41) is 3.28. The predicted molar refractivity (Wildman–Crippen MR) is 68.4 cm³/mol. The summed E-state index contributed by atoms with van der Waals surface area (Å²) in [6, 6.07) is 8.74. The zero-order valence-electron chi connectivity index (χ0n) is 9.91. The van der Waals surface area contributed by atoms with Gasteiger partial charge in [0.25, 0.3) is 0 Å². The molecule has 2 heteroatoms. The van der Waals surface area contributed by atoms with Crippen LogP contribution in [0.25, 0.3) is 0 Å².